The smallest absolute Gasteiger partial charge is 0.824 e. The molecule has 0 heterocycles. The Morgan fingerprint density at radius 2 is 0.900 bits per heavy atom. The van der Waals surface area contributed by atoms with Gasteiger partial charge < -0.3 is 9.79 Å². The minimum absolute atomic E-state index is 0. The molecule has 0 unspecified atom stereocenters. The molecule has 0 radical (unpaired) electrons. The molecule has 0 fully saturated rings. The number of hydrogen-bond donors (Lipinski definition) is 0. The number of aryl methyl sites for hydroxylation is 2. The van der Waals surface area contributed by atoms with E-state index in [4.69, 9.17) is 11.8 Å². The van der Waals surface area contributed by atoms with Gasteiger partial charge in [0.2, 0.25) is 0 Å². The van der Waals surface area contributed by atoms with Gasteiger partial charge in [0.05, 0.1) is 0 Å². The third-order valence-corrected chi connectivity index (χ3v) is 10.7. The molecule has 0 saturated carbocycles. The van der Waals surface area contributed by atoms with E-state index >= 15 is 0 Å². The Hall–Kier alpha value is 0.763. The summed E-state index contributed by atoms with van der Waals surface area (Å²) >= 11 is 5.66. The van der Waals surface area contributed by atoms with Crippen molar-refractivity contribution in [1.29, 1.82) is 0 Å². The first kappa shape index (κ1) is 40.8. The SMILES string of the molecule is CCCCCCCCCCCCCCc1ccc(CCCCCCCCCCCCCC)c(SP([O-])([O-])=S)c1.[Zn+2]. The van der Waals surface area contributed by atoms with Crippen LogP contribution in [0.25, 0.3) is 0 Å². The van der Waals surface area contributed by atoms with Crippen LogP contribution < -0.4 is 9.79 Å². The van der Waals surface area contributed by atoms with Crippen LogP contribution in [-0.2, 0) is 44.1 Å². The number of benzene rings is 1. The maximum Gasteiger partial charge on any atom is 2.00 e. The van der Waals surface area contributed by atoms with Crippen LogP contribution in [0.1, 0.15) is 179 Å². The van der Waals surface area contributed by atoms with Crippen molar-refractivity contribution in [3.8, 4) is 0 Å². The van der Waals surface area contributed by atoms with E-state index in [1.807, 2.05) is 0 Å². The Bertz CT molecular complexity index is 741. The fourth-order valence-electron chi connectivity index (χ4n) is 5.49. The Balaban J connectivity index is 0.0000152. The molecule has 0 aliphatic carbocycles. The van der Waals surface area contributed by atoms with E-state index in [1.165, 1.54) is 153 Å². The van der Waals surface area contributed by atoms with Gasteiger partial charge >= 0.3 is 19.5 Å². The molecule has 1 aromatic carbocycles. The van der Waals surface area contributed by atoms with Crippen LogP contribution in [0, 0.1) is 0 Å². The largest absolute Gasteiger partial charge is 2.00 e. The summed E-state index contributed by atoms with van der Waals surface area (Å²) in [5.41, 5.74) is -1.40. The maximum absolute atomic E-state index is 11.9. The Morgan fingerprint density at radius 1 is 0.550 bits per heavy atom. The Morgan fingerprint density at radius 3 is 1.27 bits per heavy atom. The first-order valence-electron chi connectivity index (χ1n) is 16.8. The van der Waals surface area contributed by atoms with E-state index < -0.39 is 5.69 Å². The summed E-state index contributed by atoms with van der Waals surface area (Å²) in [6, 6.07) is 6.50. The van der Waals surface area contributed by atoms with E-state index in [0.717, 1.165) is 41.1 Å². The molecule has 0 aromatic heterocycles. The second kappa shape index (κ2) is 28.5. The van der Waals surface area contributed by atoms with Crippen molar-refractivity contribution in [2.45, 2.75) is 186 Å². The van der Waals surface area contributed by atoms with Crippen LogP contribution in [0.4, 0.5) is 0 Å². The fourth-order valence-corrected chi connectivity index (χ4v) is 8.18. The van der Waals surface area contributed by atoms with E-state index in [9.17, 15) is 9.79 Å². The monoisotopic (exact) mass is 660 g/mol. The summed E-state index contributed by atoms with van der Waals surface area (Å²) in [5, 5.41) is 0. The van der Waals surface area contributed by atoms with Crippen LogP contribution >= 0.6 is 17.1 Å². The van der Waals surface area contributed by atoms with E-state index in [1.54, 1.807) is 0 Å². The molecule has 0 amide bonds. The molecular formula is C34H61O2PS2Zn. The van der Waals surface area contributed by atoms with Crippen molar-refractivity contribution in [2.24, 2.45) is 0 Å². The molecule has 228 valence electrons. The topological polar surface area (TPSA) is 46.1 Å². The van der Waals surface area contributed by atoms with Crippen molar-refractivity contribution in [1.82, 2.24) is 0 Å². The molecule has 0 aliphatic rings. The minimum Gasteiger partial charge on any atom is -0.824 e. The number of rotatable bonds is 28. The van der Waals surface area contributed by atoms with Gasteiger partial charge in [0.15, 0.2) is 0 Å². The first-order chi connectivity index (χ1) is 19.0. The standard InChI is InChI=1S/C34H63O2PS2.Zn/c1-3-5-7-9-11-13-15-17-19-21-23-25-27-32-29-30-33(34(31-32)39-37(35,36)38)28-26-24-22-20-18-16-14-12-10-8-6-4-2;/h29-31H,3-28H2,1-2H3,(H2,35,36,38);/q;+2/p-2. The molecule has 0 aliphatic heterocycles. The summed E-state index contributed by atoms with van der Waals surface area (Å²) in [7, 11) is 0. The second-order valence-corrected chi connectivity index (χ2v) is 17.4. The van der Waals surface area contributed by atoms with Crippen LogP contribution in [0.15, 0.2) is 23.1 Å². The van der Waals surface area contributed by atoms with Gasteiger partial charge in [-0.15, -0.1) is 23.2 Å². The average Bonchev–Trinajstić information content (AvgIpc) is 2.90. The summed E-state index contributed by atoms with van der Waals surface area (Å²) < 4.78 is 0. The third-order valence-electron chi connectivity index (χ3n) is 7.96. The molecule has 0 bridgehead atoms. The van der Waals surface area contributed by atoms with E-state index in [0.29, 0.717) is 0 Å². The summed E-state index contributed by atoms with van der Waals surface area (Å²) in [6.45, 7) is 4.55. The van der Waals surface area contributed by atoms with Gasteiger partial charge in [-0.2, -0.15) is 5.69 Å². The Labute approximate surface area is 271 Å². The number of hydrogen-bond acceptors (Lipinski definition) is 4. The second-order valence-electron chi connectivity index (χ2n) is 11.8. The molecular weight excluding hydrogens is 601 g/mol. The van der Waals surface area contributed by atoms with E-state index in [-0.39, 0.29) is 19.5 Å². The minimum atomic E-state index is -3.81. The van der Waals surface area contributed by atoms with Crippen molar-refractivity contribution in [3.63, 3.8) is 0 Å². The van der Waals surface area contributed by atoms with Gasteiger partial charge in [0, 0.05) is 4.90 Å². The van der Waals surface area contributed by atoms with Gasteiger partial charge in [0.25, 0.3) is 0 Å². The third kappa shape index (κ3) is 25.3. The van der Waals surface area contributed by atoms with E-state index in [2.05, 4.69) is 32.0 Å². The molecule has 40 heavy (non-hydrogen) atoms. The van der Waals surface area contributed by atoms with Gasteiger partial charge in [-0.05, 0) is 42.9 Å². The van der Waals surface area contributed by atoms with Gasteiger partial charge in [-0.1, -0.05) is 167 Å². The van der Waals surface area contributed by atoms with Crippen molar-refractivity contribution >= 4 is 28.9 Å². The molecule has 0 saturated heterocycles. The molecule has 0 spiro atoms. The average molecular weight is 662 g/mol. The molecule has 0 N–H and O–H groups in total. The quantitative estimate of drug-likeness (QED) is 0.0509. The summed E-state index contributed by atoms with van der Waals surface area (Å²) in [4.78, 5) is 24.7. The van der Waals surface area contributed by atoms with Crippen LogP contribution in [0.3, 0.4) is 0 Å². The van der Waals surface area contributed by atoms with Crippen molar-refractivity contribution < 1.29 is 29.3 Å². The zero-order valence-corrected chi connectivity index (χ0v) is 31.9. The van der Waals surface area contributed by atoms with Gasteiger partial charge in [0.1, 0.15) is 0 Å². The van der Waals surface area contributed by atoms with Crippen LogP contribution in [0.5, 0.6) is 0 Å². The van der Waals surface area contributed by atoms with Crippen molar-refractivity contribution in [3.05, 3.63) is 29.3 Å². The Kier molecular flexibility index (Phi) is 29.1. The van der Waals surface area contributed by atoms with Crippen molar-refractivity contribution in [2.75, 3.05) is 0 Å². The molecule has 1 rings (SSSR count). The van der Waals surface area contributed by atoms with Gasteiger partial charge in [-0.25, -0.2) is 0 Å². The number of unbranched alkanes of at least 4 members (excludes halogenated alkanes) is 22. The zero-order valence-electron chi connectivity index (χ0n) is 26.4. The summed E-state index contributed by atoms with van der Waals surface area (Å²) in [6.07, 6.45) is 34.3. The molecule has 0 atom stereocenters. The predicted octanol–water partition coefficient (Wildman–Crippen LogP) is 11.2. The normalized spacial score (nSPS) is 11.6. The molecule has 2 nitrogen and oxygen atoms in total. The molecule has 6 heteroatoms. The van der Waals surface area contributed by atoms with Crippen LogP contribution in [-0.4, -0.2) is 0 Å². The summed E-state index contributed by atoms with van der Waals surface area (Å²) in [5.74, 6) is 0. The zero-order chi connectivity index (χ0) is 28.4. The van der Waals surface area contributed by atoms with Crippen LogP contribution in [0.2, 0.25) is 0 Å². The molecule has 1 aromatic rings. The maximum atomic E-state index is 11.9. The van der Waals surface area contributed by atoms with Gasteiger partial charge in [-0.3, -0.25) is 0 Å². The fraction of sp³-hybridized carbons (Fsp3) is 0.824. The first-order valence-corrected chi connectivity index (χ1v) is 20.9. The predicted molar refractivity (Wildman–Crippen MR) is 176 cm³/mol.